The molecule has 0 bridgehead atoms. The lowest BCUT2D eigenvalue weighted by Crippen LogP contribution is -2.24. The van der Waals surface area contributed by atoms with Gasteiger partial charge in [-0.3, -0.25) is 9.69 Å². The van der Waals surface area contributed by atoms with Crippen molar-refractivity contribution < 1.29 is 13.6 Å². The molecule has 0 radical (unpaired) electrons. The van der Waals surface area contributed by atoms with Gasteiger partial charge in [-0.05, 0) is 42.8 Å². The van der Waals surface area contributed by atoms with Crippen LogP contribution in [0, 0.1) is 6.92 Å². The minimum absolute atomic E-state index is 0.110. The summed E-state index contributed by atoms with van der Waals surface area (Å²) in [5, 5.41) is 5.20. The number of imidazole rings is 1. The van der Waals surface area contributed by atoms with Gasteiger partial charge in [-0.1, -0.05) is 12.1 Å². The minimum atomic E-state index is -2.62. The van der Waals surface area contributed by atoms with Gasteiger partial charge in [0.15, 0.2) is 0 Å². The highest BCUT2D eigenvalue weighted by Gasteiger charge is 2.37. The highest BCUT2D eigenvalue weighted by Crippen LogP contribution is 2.29. The number of aromatic amines is 2. The van der Waals surface area contributed by atoms with E-state index in [4.69, 9.17) is 5.73 Å². The molecule has 0 spiro atoms. The summed E-state index contributed by atoms with van der Waals surface area (Å²) in [7, 11) is 0. The third-order valence-corrected chi connectivity index (χ3v) is 6.47. The number of alkyl halides is 2. The summed E-state index contributed by atoms with van der Waals surface area (Å²) in [6.07, 6.45) is 1.35. The molecule has 8 nitrogen and oxygen atoms in total. The van der Waals surface area contributed by atoms with Gasteiger partial charge in [0.25, 0.3) is 5.92 Å². The first-order valence-corrected chi connectivity index (χ1v) is 11.3. The summed E-state index contributed by atoms with van der Waals surface area (Å²) in [6.45, 7) is 2.46. The van der Waals surface area contributed by atoms with Gasteiger partial charge in [0.2, 0.25) is 5.78 Å². The quantitative estimate of drug-likeness (QED) is 0.330. The molecule has 5 aromatic rings. The fourth-order valence-electron chi connectivity index (χ4n) is 4.74. The predicted octanol–water partition coefficient (Wildman–Crippen LogP) is 4.19. The van der Waals surface area contributed by atoms with Crippen LogP contribution in [0.5, 0.6) is 0 Å². The zero-order valence-electron chi connectivity index (χ0n) is 19.0. The lowest BCUT2D eigenvalue weighted by atomic mass is 10.1. The minimum Gasteiger partial charge on any atom is -0.383 e. The molecule has 6 rings (SSSR count). The number of fused-ring (bicyclic) bond motifs is 2. The number of nitrogens with zero attached hydrogens (tertiary/aromatic N) is 4. The smallest absolute Gasteiger partial charge is 0.261 e. The van der Waals surface area contributed by atoms with Crippen molar-refractivity contribution in [3.63, 3.8) is 0 Å². The number of ketones is 1. The van der Waals surface area contributed by atoms with Gasteiger partial charge in [-0.15, -0.1) is 0 Å². The summed E-state index contributed by atoms with van der Waals surface area (Å²) in [5.41, 5.74) is 11.1. The Labute approximate surface area is 198 Å². The number of carbonyl (C=O) groups is 1. The van der Waals surface area contributed by atoms with Crippen molar-refractivity contribution >= 4 is 33.5 Å². The van der Waals surface area contributed by atoms with Crippen molar-refractivity contribution in [3.05, 3.63) is 71.3 Å². The largest absolute Gasteiger partial charge is 0.383 e. The molecule has 0 amide bonds. The van der Waals surface area contributed by atoms with E-state index in [1.807, 2.05) is 43.3 Å². The van der Waals surface area contributed by atoms with Gasteiger partial charge in [0, 0.05) is 30.4 Å². The van der Waals surface area contributed by atoms with Gasteiger partial charge in [-0.2, -0.15) is 5.10 Å². The second-order valence-electron chi connectivity index (χ2n) is 9.13. The zero-order chi connectivity index (χ0) is 24.3. The van der Waals surface area contributed by atoms with E-state index in [-0.39, 0.29) is 30.1 Å². The summed E-state index contributed by atoms with van der Waals surface area (Å²) in [5.74, 6) is -1.85. The average molecular weight is 476 g/mol. The number of rotatable bonds is 5. The van der Waals surface area contributed by atoms with Crippen LogP contribution >= 0.6 is 0 Å². The number of nitrogens with one attached hydrogen (secondary N) is 2. The van der Waals surface area contributed by atoms with Gasteiger partial charge in [0.1, 0.15) is 11.6 Å². The molecule has 1 aliphatic rings. The number of aromatic nitrogens is 5. The number of anilines is 1. The Morgan fingerprint density at radius 3 is 2.80 bits per heavy atom. The first-order valence-electron chi connectivity index (χ1n) is 11.3. The van der Waals surface area contributed by atoms with Crippen LogP contribution < -0.4 is 5.73 Å². The highest BCUT2D eigenvalue weighted by molar-refractivity contribution is 6.12. The van der Waals surface area contributed by atoms with Gasteiger partial charge >= 0.3 is 0 Å². The molecule has 35 heavy (non-hydrogen) atoms. The van der Waals surface area contributed by atoms with Crippen molar-refractivity contribution in [2.45, 2.75) is 25.8 Å². The van der Waals surface area contributed by atoms with Crippen molar-refractivity contribution in [2.24, 2.45) is 0 Å². The van der Waals surface area contributed by atoms with E-state index in [0.29, 0.717) is 24.5 Å². The number of hydrogen-bond donors (Lipinski definition) is 3. The number of H-pyrrole nitrogens is 2. The molecule has 10 heteroatoms. The second-order valence-corrected chi connectivity index (χ2v) is 9.13. The predicted molar refractivity (Wildman–Crippen MR) is 129 cm³/mol. The van der Waals surface area contributed by atoms with Crippen LogP contribution in [-0.4, -0.2) is 54.4 Å². The molecule has 3 aromatic heterocycles. The maximum atomic E-state index is 13.5. The highest BCUT2D eigenvalue weighted by atomic mass is 19.3. The Kier molecular flexibility index (Phi) is 4.75. The molecular formula is C25H23F2N7O. The number of nitrogens with two attached hydrogens (primary N) is 1. The Hall–Kier alpha value is -4.05. The van der Waals surface area contributed by atoms with Crippen LogP contribution in [0.15, 0.2) is 48.7 Å². The fourth-order valence-corrected chi connectivity index (χ4v) is 4.74. The third-order valence-electron chi connectivity index (χ3n) is 6.47. The van der Waals surface area contributed by atoms with Gasteiger partial charge in [-0.25, -0.2) is 18.4 Å². The summed E-state index contributed by atoms with van der Waals surface area (Å²) in [4.78, 5) is 25.7. The lowest BCUT2D eigenvalue weighted by Gasteiger charge is -2.15. The van der Waals surface area contributed by atoms with Crippen LogP contribution in [0.4, 0.5) is 14.6 Å². The van der Waals surface area contributed by atoms with E-state index in [1.54, 1.807) is 11.0 Å². The molecule has 4 heterocycles. The Morgan fingerprint density at radius 1 is 1.14 bits per heavy atom. The number of nitrogen functional groups attached to an aromatic ring is 1. The summed E-state index contributed by atoms with van der Waals surface area (Å²) < 4.78 is 28.5. The number of likely N-dealkylation sites (tertiary alicyclic amines) is 1. The summed E-state index contributed by atoms with van der Waals surface area (Å²) in [6, 6.07) is 13.1. The lowest BCUT2D eigenvalue weighted by molar-refractivity contribution is 0.0115. The molecule has 4 N–H and O–H groups in total. The van der Waals surface area contributed by atoms with E-state index < -0.39 is 5.92 Å². The Bertz CT molecular complexity index is 1600. The van der Waals surface area contributed by atoms with E-state index >= 15 is 0 Å². The number of halogens is 2. The standard InChI is InChI=1S/C25H23F2N7O/c1-14-30-19-5-4-17(10-21(19)31-14)34-24(28)18(11-29-34)23(35)22-9-16-3-2-15(8-20(16)32-22)12-33-7-6-25(26,27)13-33/h2-5,8-11,32H,6-7,12-13,28H2,1H3,(H,30,31). The summed E-state index contributed by atoms with van der Waals surface area (Å²) >= 11 is 0. The molecule has 1 fully saturated rings. The molecular weight excluding hydrogens is 452 g/mol. The van der Waals surface area contributed by atoms with Crippen LogP contribution in [0.1, 0.15) is 33.9 Å². The van der Waals surface area contributed by atoms with Crippen molar-refractivity contribution in [3.8, 4) is 5.69 Å². The van der Waals surface area contributed by atoms with Crippen LogP contribution in [0.3, 0.4) is 0 Å². The zero-order valence-corrected chi connectivity index (χ0v) is 19.0. The maximum Gasteiger partial charge on any atom is 0.261 e. The molecule has 2 aromatic carbocycles. The topological polar surface area (TPSA) is 109 Å². The number of aryl methyl sites for hydroxylation is 1. The molecule has 0 aliphatic carbocycles. The monoisotopic (exact) mass is 475 g/mol. The van der Waals surface area contributed by atoms with Gasteiger partial charge < -0.3 is 15.7 Å². The molecule has 0 atom stereocenters. The molecule has 1 aliphatic heterocycles. The third kappa shape index (κ3) is 3.85. The molecule has 178 valence electrons. The fraction of sp³-hybridized carbons (Fsp3) is 0.240. The van der Waals surface area contributed by atoms with Crippen molar-refractivity contribution in [1.82, 2.24) is 29.6 Å². The van der Waals surface area contributed by atoms with Crippen LogP contribution in [0.2, 0.25) is 0 Å². The second kappa shape index (κ2) is 7.74. The number of carbonyl (C=O) groups excluding carboxylic acids is 1. The van der Waals surface area contributed by atoms with E-state index in [0.717, 1.165) is 33.3 Å². The Morgan fingerprint density at radius 2 is 2.00 bits per heavy atom. The number of hydrogen-bond acceptors (Lipinski definition) is 5. The molecule has 0 unspecified atom stereocenters. The Balaban J connectivity index is 1.26. The van der Waals surface area contributed by atoms with E-state index in [2.05, 4.69) is 20.1 Å². The van der Waals surface area contributed by atoms with Gasteiger partial charge in [0.05, 0.1) is 40.7 Å². The van der Waals surface area contributed by atoms with Crippen LogP contribution in [-0.2, 0) is 6.54 Å². The first kappa shape index (κ1) is 21.5. The van der Waals surface area contributed by atoms with E-state index in [9.17, 15) is 13.6 Å². The normalized spacial score (nSPS) is 16.0. The van der Waals surface area contributed by atoms with Crippen molar-refractivity contribution in [2.75, 3.05) is 18.8 Å². The average Bonchev–Trinajstić information content (AvgIpc) is 3.57. The SMILES string of the molecule is Cc1nc2ccc(-n3ncc(C(=O)c4cc5ccc(CN6CCC(F)(F)C6)cc5[nH]4)c3N)cc2[nH]1. The van der Waals surface area contributed by atoms with Crippen molar-refractivity contribution in [1.29, 1.82) is 0 Å². The molecule has 0 saturated carbocycles. The van der Waals surface area contributed by atoms with E-state index in [1.165, 1.54) is 10.9 Å². The van der Waals surface area contributed by atoms with Crippen LogP contribution in [0.25, 0.3) is 27.6 Å². The maximum absolute atomic E-state index is 13.5. The first-order chi connectivity index (χ1) is 16.8. The molecule has 1 saturated heterocycles. The number of benzene rings is 2.